The molecule has 0 atom stereocenters. The predicted molar refractivity (Wildman–Crippen MR) is 50.4 cm³/mol. The van der Waals surface area contributed by atoms with E-state index in [0.29, 0.717) is 0 Å². The number of hydrogen-bond donors (Lipinski definition) is 0. The van der Waals surface area contributed by atoms with Gasteiger partial charge >= 0.3 is 18.9 Å². The van der Waals surface area contributed by atoms with Gasteiger partial charge < -0.3 is 9.97 Å². The molecule has 0 aliphatic carbocycles. The van der Waals surface area contributed by atoms with E-state index >= 15 is 0 Å². The van der Waals surface area contributed by atoms with Crippen molar-refractivity contribution in [2.75, 3.05) is 0 Å². The third kappa shape index (κ3) is 2.89. The maximum Gasteiger partial charge on any atom is 1.00 e. The van der Waals surface area contributed by atoms with Gasteiger partial charge in [-0.25, -0.2) is 0 Å². The molecule has 1 aromatic heterocycles. The van der Waals surface area contributed by atoms with Gasteiger partial charge in [-0.3, -0.25) is 0 Å². The van der Waals surface area contributed by atoms with E-state index in [-0.39, 0.29) is 24.3 Å². The van der Waals surface area contributed by atoms with Crippen molar-refractivity contribution in [2.45, 2.75) is 46.5 Å². The average Bonchev–Trinajstić information content (AvgIpc) is 2.29. The Hall–Kier alpha value is -0.193. The largest absolute Gasteiger partial charge is 1.00 e. The van der Waals surface area contributed by atoms with Crippen LogP contribution >= 0.6 is 0 Å². The molecule has 0 radical (unpaired) electrons. The molecular weight excluding hydrogens is 155 g/mol. The molecule has 2 nitrogen and oxygen atoms in total. The van der Waals surface area contributed by atoms with E-state index in [4.69, 9.17) is 0 Å². The zero-order valence-corrected chi connectivity index (χ0v) is 9.60. The molecule has 1 rings (SSSR count). The molecule has 0 unspecified atom stereocenters. The normalized spacial score (nSPS) is 11.2. The van der Waals surface area contributed by atoms with Crippen molar-refractivity contribution in [3.8, 4) is 0 Å². The second-order valence-electron chi connectivity index (χ2n) is 4.18. The van der Waals surface area contributed by atoms with Crippen molar-refractivity contribution < 1.29 is 18.9 Å². The summed E-state index contributed by atoms with van der Waals surface area (Å²) in [5.41, 5.74) is 2.31. The maximum atomic E-state index is 4.49. The van der Waals surface area contributed by atoms with Gasteiger partial charge in [0.25, 0.3) is 0 Å². The second kappa shape index (κ2) is 4.35. The minimum absolute atomic E-state index is 0. The van der Waals surface area contributed by atoms with Crippen LogP contribution in [0.25, 0.3) is 0 Å². The summed E-state index contributed by atoms with van der Waals surface area (Å²) >= 11 is 0. The monoisotopic (exact) mass is 172 g/mol. The Morgan fingerprint density at radius 1 is 1.31 bits per heavy atom. The summed E-state index contributed by atoms with van der Waals surface area (Å²) in [5, 5.41) is 0. The summed E-state index contributed by atoms with van der Waals surface area (Å²) < 4.78 is 0. The smallest absolute Gasteiger partial charge is 0.443 e. The number of aryl methyl sites for hydroxylation is 2. The van der Waals surface area contributed by atoms with E-state index in [0.717, 1.165) is 23.6 Å². The van der Waals surface area contributed by atoms with Crippen molar-refractivity contribution in [2.24, 2.45) is 0 Å². The van der Waals surface area contributed by atoms with Crippen molar-refractivity contribution in [3.63, 3.8) is 0 Å². The van der Waals surface area contributed by atoms with Crippen LogP contribution in [-0.4, -0.2) is 4.98 Å². The van der Waals surface area contributed by atoms with Crippen LogP contribution in [-0.2, 0) is 11.8 Å². The van der Waals surface area contributed by atoms with Crippen molar-refractivity contribution >= 4 is 0 Å². The van der Waals surface area contributed by atoms with E-state index in [9.17, 15) is 0 Å². The van der Waals surface area contributed by atoms with E-state index in [2.05, 4.69) is 37.7 Å². The Labute approximate surface area is 92.7 Å². The molecule has 68 valence electrons. The third-order valence-corrected chi connectivity index (χ3v) is 1.94. The fraction of sp³-hybridized carbons (Fsp3) is 0.700. The first-order valence-electron chi connectivity index (χ1n) is 4.46. The summed E-state index contributed by atoms with van der Waals surface area (Å²) in [6.07, 6.45) is 0.981. The third-order valence-electron chi connectivity index (χ3n) is 1.94. The van der Waals surface area contributed by atoms with Crippen LogP contribution in [0, 0.1) is 6.92 Å². The first-order chi connectivity index (χ1) is 5.45. The molecule has 0 amide bonds. The van der Waals surface area contributed by atoms with Crippen molar-refractivity contribution in [1.29, 1.82) is 0 Å². The Balaban J connectivity index is 0.00000144. The first-order valence-corrected chi connectivity index (χ1v) is 4.46. The fourth-order valence-corrected chi connectivity index (χ4v) is 1.13. The Bertz CT molecular complexity index is 271. The maximum absolute atomic E-state index is 4.49. The number of hydrogen-bond acceptors (Lipinski definition) is 1. The Kier molecular flexibility index (Phi) is 4.28. The molecule has 0 aliphatic rings. The summed E-state index contributed by atoms with van der Waals surface area (Å²) in [5.74, 6) is 0.969. The van der Waals surface area contributed by atoms with Gasteiger partial charge in [0.15, 0.2) is 0 Å². The SMILES string of the molecule is CCc1[n-]c(C(C)(C)C)nc1C.[Li+]. The summed E-state index contributed by atoms with van der Waals surface area (Å²) in [6.45, 7) is 10.6. The molecule has 0 saturated heterocycles. The van der Waals surface area contributed by atoms with Gasteiger partial charge in [0.05, 0.1) is 0 Å². The number of rotatable bonds is 1. The summed E-state index contributed by atoms with van der Waals surface area (Å²) in [6, 6.07) is 0. The van der Waals surface area contributed by atoms with E-state index < -0.39 is 0 Å². The van der Waals surface area contributed by atoms with Crippen molar-refractivity contribution in [3.05, 3.63) is 17.2 Å². The predicted octanol–water partition coefficient (Wildman–Crippen LogP) is -0.789. The molecule has 3 heteroatoms. The standard InChI is InChI=1S/C10H17N2.Li/c1-6-8-7(2)11-9(12-8)10(3,4)5;/h6H2,1-5H3;/q-1;+1. The van der Waals surface area contributed by atoms with Crippen LogP contribution in [0.15, 0.2) is 0 Å². The van der Waals surface area contributed by atoms with Gasteiger partial charge in [-0.2, -0.15) is 0 Å². The number of aromatic nitrogens is 2. The molecule has 0 fully saturated rings. The topological polar surface area (TPSA) is 27.0 Å². The van der Waals surface area contributed by atoms with Crippen LogP contribution < -0.4 is 23.8 Å². The molecule has 0 saturated carbocycles. The minimum Gasteiger partial charge on any atom is -0.443 e. The molecule has 13 heavy (non-hydrogen) atoms. The fourth-order valence-electron chi connectivity index (χ4n) is 1.13. The zero-order valence-electron chi connectivity index (χ0n) is 9.60. The summed E-state index contributed by atoms with van der Waals surface area (Å²) in [7, 11) is 0. The van der Waals surface area contributed by atoms with E-state index in [1.54, 1.807) is 0 Å². The van der Waals surface area contributed by atoms with E-state index in [1.807, 2.05) is 6.92 Å². The Morgan fingerprint density at radius 2 is 1.85 bits per heavy atom. The van der Waals surface area contributed by atoms with Gasteiger partial charge in [0.1, 0.15) is 0 Å². The van der Waals surface area contributed by atoms with Gasteiger partial charge in [-0.15, -0.1) is 0 Å². The van der Waals surface area contributed by atoms with Crippen LogP contribution in [0.1, 0.15) is 44.9 Å². The van der Waals surface area contributed by atoms with Gasteiger partial charge in [-0.05, 0) is 18.8 Å². The summed E-state index contributed by atoms with van der Waals surface area (Å²) in [4.78, 5) is 8.93. The molecule has 0 aliphatic heterocycles. The average molecular weight is 172 g/mol. The van der Waals surface area contributed by atoms with Crippen LogP contribution in [0.4, 0.5) is 0 Å². The quantitative estimate of drug-likeness (QED) is 0.519. The first kappa shape index (κ1) is 12.8. The van der Waals surface area contributed by atoms with Gasteiger partial charge in [0.2, 0.25) is 0 Å². The van der Waals surface area contributed by atoms with Crippen LogP contribution in [0.2, 0.25) is 0 Å². The molecule has 0 aromatic carbocycles. The molecular formula is C10H17LiN2. The zero-order chi connectivity index (χ0) is 9.35. The van der Waals surface area contributed by atoms with Gasteiger partial charge in [-0.1, -0.05) is 44.9 Å². The number of imidazole rings is 1. The minimum atomic E-state index is 0. The van der Waals surface area contributed by atoms with Crippen LogP contribution in [0.3, 0.4) is 0 Å². The molecule has 1 heterocycles. The molecule has 1 aromatic rings. The van der Waals surface area contributed by atoms with E-state index in [1.165, 1.54) is 0 Å². The second-order valence-corrected chi connectivity index (χ2v) is 4.18. The molecule has 0 N–H and O–H groups in total. The molecule has 0 bridgehead atoms. The van der Waals surface area contributed by atoms with Crippen LogP contribution in [0.5, 0.6) is 0 Å². The van der Waals surface area contributed by atoms with Crippen molar-refractivity contribution in [1.82, 2.24) is 9.97 Å². The van der Waals surface area contributed by atoms with Gasteiger partial charge in [0, 0.05) is 0 Å². The molecule has 0 spiro atoms. The number of nitrogens with zero attached hydrogens (tertiary/aromatic N) is 2. The Morgan fingerprint density at radius 3 is 2.08 bits per heavy atom.